The molecule has 0 radical (unpaired) electrons. The molecule has 0 aliphatic carbocycles. The van der Waals surface area contributed by atoms with Gasteiger partial charge in [0.15, 0.2) is 5.89 Å². The molecule has 0 fully saturated rings. The van der Waals surface area contributed by atoms with Gasteiger partial charge in [-0.25, -0.2) is 4.98 Å². The van der Waals surface area contributed by atoms with Gasteiger partial charge in [-0.2, -0.15) is 0 Å². The first-order chi connectivity index (χ1) is 14.4. The maximum Gasteiger partial charge on any atom is 0.217 e. The predicted octanol–water partition coefficient (Wildman–Crippen LogP) is 3.03. The standard InChI is InChI=1S/C24H28N2O4/c1-17-3-5-20(6-4-17)13-23-25-22(14-30-23)21-9-7-19(8-10-21)11-12-24(15-27,16-28)26-18(2)29/h3-10,14,27-28H,11-13,15-16H2,1-2H3,(H,26,29). The van der Waals surface area contributed by atoms with E-state index in [2.05, 4.69) is 41.5 Å². The van der Waals surface area contributed by atoms with E-state index in [1.54, 1.807) is 6.26 Å². The zero-order chi connectivity index (χ0) is 21.6. The van der Waals surface area contributed by atoms with Crippen LogP contribution in [0.2, 0.25) is 0 Å². The minimum absolute atomic E-state index is 0.277. The fourth-order valence-electron chi connectivity index (χ4n) is 3.35. The fourth-order valence-corrected chi connectivity index (χ4v) is 3.35. The first-order valence-corrected chi connectivity index (χ1v) is 10.0. The summed E-state index contributed by atoms with van der Waals surface area (Å²) in [6, 6.07) is 16.2. The Labute approximate surface area is 176 Å². The molecule has 2 aromatic carbocycles. The highest BCUT2D eigenvalue weighted by Gasteiger charge is 2.29. The average molecular weight is 408 g/mol. The lowest BCUT2D eigenvalue weighted by Gasteiger charge is -2.30. The van der Waals surface area contributed by atoms with Gasteiger partial charge in [-0.15, -0.1) is 0 Å². The van der Waals surface area contributed by atoms with Gasteiger partial charge in [0.2, 0.25) is 5.91 Å². The van der Waals surface area contributed by atoms with Crippen molar-refractivity contribution in [1.29, 1.82) is 0 Å². The van der Waals surface area contributed by atoms with Gasteiger partial charge in [0.1, 0.15) is 12.0 Å². The number of amides is 1. The van der Waals surface area contributed by atoms with Gasteiger partial charge in [0.05, 0.1) is 18.8 Å². The number of nitrogens with one attached hydrogen (secondary N) is 1. The summed E-state index contributed by atoms with van der Waals surface area (Å²) in [5.74, 6) is 0.393. The molecule has 30 heavy (non-hydrogen) atoms. The second-order valence-corrected chi connectivity index (χ2v) is 7.76. The number of aryl methyl sites for hydroxylation is 2. The monoisotopic (exact) mass is 408 g/mol. The lowest BCUT2D eigenvalue weighted by Crippen LogP contribution is -2.53. The Morgan fingerprint density at radius 1 is 1.03 bits per heavy atom. The second kappa shape index (κ2) is 9.69. The summed E-state index contributed by atoms with van der Waals surface area (Å²) in [6.07, 6.45) is 3.35. The van der Waals surface area contributed by atoms with Crippen LogP contribution in [-0.2, 0) is 17.6 Å². The molecule has 0 saturated carbocycles. The zero-order valence-electron chi connectivity index (χ0n) is 17.4. The van der Waals surface area contributed by atoms with Crippen LogP contribution >= 0.6 is 0 Å². The van der Waals surface area contributed by atoms with Crippen LogP contribution in [0.25, 0.3) is 11.3 Å². The van der Waals surface area contributed by atoms with E-state index in [-0.39, 0.29) is 19.1 Å². The molecule has 6 heteroatoms. The molecule has 0 saturated heterocycles. The van der Waals surface area contributed by atoms with Crippen molar-refractivity contribution in [3.8, 4) is 11.3 Å². The van der Waals surface area contributed by atoms with Gasteiger partial charge in [-0.1, -0.05) is 54.1 Å². The molecule has 3 rings (SSSR count). The molecule has 1 aromatic heterocycles. The number of rotatable bonds is 9. The van der Waals surface area contributed by atoms with Crippen molar-refractivity contribution >= 4 is 5.91 Å². The number of aromatic nitrogens is 1. The van der Waals surface area contributed by atoms with E-state index in [0.717, 1.165) is 22.4 Å². The normalized spacial score (nSPS) is 11.5. The SMILES string of the molecule is CC(=O)NC(CO)(CO)CCc1ccc(-c2coc(Cc3ccc(C)cc3)n2)cc1. The molecule has 6 nitrogen and oxygen atoms in total. The van der Waals surface area contributed by atoms with Gasteiger partial charge >= 0.3 is 0 Å². The van der Waals surface area contributed by atoms with Crippen LogP contribution < -0.4 is 5.32 Å². The van der Waals surface area contributed by atoms with Crippen molar-refractivity contribution in [2.45, 2.75) is 38.6 Å². The van der Waals surface area contributed by atoms with Gasteiger partial charge < -0.3 is 19.9 Å². The van der Waals surface area contributed by atoms with Crippen LogP contribution in [-0.4, -0.2) is 39.9 Å². The molecule has 0 aliphatic heterocycles. The van der Waals surface area contributed by atoms with E-state index in [4.69, 9.17) is 4.42 Å². The smallest absolute Gasteiger partial charge is 0.217 e. The fraction of sp³-hybridized carbons (Fsp3) is 0.333. The summed E-state index contributed by atoms with van der Waals surface area (Å²) in [4.78, 5) is 16.0. The van der Waals surface area contributed by atoms with Crippen LogP contribution in [0.15, 0.2) is 59.2 Å². The van der Waals surface area contributed by atoms with Crippen molar-refractivity contribution < 1.29 is 19.4 Å². The molecular weight excluding hydrogens is 380 g/mol. The van der Waals surface area contributed by atoms with Gasteiger partial charge in [0, 0.05) is 18.9 Å². The van der Waals surface area contributed by atoms with Gasteiger partial charge in [-0.05, 0) is 30.9 Å². The zero-order valence-corrected chi connectivity index (χ0v) is 17.4. The van der Waals surface area contributed by atoms with Crippen LogP contribution in [0.1, 0.15) is 35.9 Å². The summed E-state index contributed by atoms with van der Waals surface area (Å²) >= 11 is 0. The van der Waals surface area contributed by atoms with E-state index in [1.807, 2.05) is 24.3 Å². The largest absolute Gasteiger partial charge is 0.448 e. The average Bonchev–Trinajstić information content (AvgIpc) is 3.21. The summed E-state index contributed by atoms with van der Waals surface area (Å²) in [6.45, 7) is 2.80. The van der Waals surface area contributed by atoms with E-state index >= 15 is 0 Å². The van der Waals surface area contributed by atoms with Crippen LogP contribution in [0.4, 0.5) is 0 Å². The van der Waals surface area contributed by atoms with E-state index in [1.165, 1.54) is 12.5 Å². The molecule has 0 spiro atoms. The topological polar surface area (TPSA) is 95.6 Å². The van der Waals surface area contributed by atoms with Crippen molar-refractivity contribution in [3.63, 3.8) is 0 Å². The Morgan fingerprint density at radius 3 is 2.27 bits per heavy atom. The highest BCUT2D eigenvalue weighted by Crippen LogP contribution is 2.22. The number of hydrogen-bond donors (Lipinski definition) is 3. The van der Waals surface area contributed by atoms with Crippen molar-refractivity contribution in [3.05, 3.63) is 77.4 Å². The molecule has 0 aliphatic rings. The Kier molecular flexibility index (Phi) is 7.03. The first-order valence-electron chi connectivity index (χ1n) is 10.0. The molecular formula is C24H28N2O4. The third-order valence-electron chi connectivity index (χ3n) is 5.22. The Bertz CT molecular complexity index is 958. The quantitative estimate of drug-likeness (QED) is 0.506. The predicted molar refractivity (Wildman–Crippen MR) is 115 cm³/mol. The molecule has 0 atom stereocenters. The van der Waals surface area contributed by atoms with Gasteiger partial charge in [0.25, 0.3) is 0 Å². The minimum atomic E-state index is -1.01. The first kappa shape index (κ1) is 21.7. The van der Waals surface area contributed by atoms with Gasteiger partial charge in [-0.3, -0.25) is 4.79 Å². The molecule has 1 heterocycles. The summed E-state index contributed by atoms with van der Waals surface area (Å²) in [5, 5.41) is 21.9. The molecule has 3 N–H and O–H groups in total. The highest BCUT2D eigenvalue weighted by molar-refractivity contribution is 5.73. The molecule has 1 amide bonds. The number of aliphatic hydroxyl groups is 2. The summed E-state index contributed by atoms with van der Waals surface area (Å²) in [5.41, 5.74) is 4.14. The maximum atomic E-state index is 11.4. The van der Waals surface area contributed by atoms with Crippen molar-refractivity contribution in [2.24, 2.45) is 0 Å². The van der Waals surface area contributed by atoms with E-state index in [0.29, 0.717) is 25.2 Å². The Morgan fingerprint density at radius 2 is 1.67 bits per heavy atom. The van der Waals surface area contributed by atoms with Crippen LogP contribution in [0, 0.1) is 6.92 Å². The summed E-state index contributed by atoms with van der Waals surface area (Å²) < 4.78 is 5.63. The van der Waals surface area contributed by atoms with E-state index in [9.17, 15) is 15.0 Å². The second-order valence-electron chi connectivity index (χ2n) is 7.76. The molecule has 158 valence electrons. The van der Waals surface area contributed by atoms with E-state index < -0.39 is 5.54 Å². The number of nitrogens with zero attached hydrogens (tertiary/aromatic N) is 1. The van der Waals surface area contributed by atoms with Crippen LogP contribution in [0.3, 0.4) is 0 Å². The number of aliphatic hydroxyl groups excluding tert-OH is 2. The lowest BCUT2D eigenvalue weighted by molar-refractivity contribution is -0.122. The number of carbonyl (C=O) groups is 1. The highest BCUT2D eigenvalue weighted by atomic mass is 16.3. The number of oxazole rings is 1. The Balaban J connectivity index is 1.63. The summed E-state index contributed by atoms with van der Waals surface area (Å²) in [7, 11) is 0. The molecule has 0 unspecified atom stereocenters. The third kappa shape index (κ3) is 5.55. The van der Waals surface area contributed by atoms with Crippen LogP contribution in [0.5, 0.6) is 0 Å². The number of carbonyl (C=O) groups excluding carboxylic acids is 1. The molecule has 3 aromatic rings. The van der Waals surface area contributed by atoms with Crippen molar-refractivity contribution in [2.75, 3.05) is 13.2 Å². The number of hydrogen-bond acceptors (Lipinski definition) is 5. The maximum absolute atomic E-state index is 11.4. The Hall–Kier alpha value is -2.96. The third-order valence-corrected chi connectivity index (χ3v) is 5.22. The number of benzene rings is 2. The van der Waals surface area contributed by atoms with Crippen molar-refractivity contribution in [1.82, 2.24) is 10.3 Å². The minimum Gasteiger partial charge on any atom is -0.448 e. The molecule has 0 bridgehead atoms. The lowest BCUT2D eigenvalue weighted by atomic mass is 9.92.